The second kappa shape index (κ2) is 7.87. The fourth-order valence-electron chi connectivity index (χ4n) is 1.59. The lowest BCUT2D eigenvalue weighted by atomic mass is 9.86. The average molecular weight is 280 g/mol. The molecule has 1 aromatic carbocycles. The van der Waals surface area contributed by atoms with Crippen molar-refractivity contribution < 1.29 is 14.3 Å². The lowest BCUT2D eigenvalue weighted by Gasteiger charge is -2.25. The summed E-state index contributed by atoms with van der Waals surface area (Å²) in [5.74, 6) is 0.627. The molecule has 0 saturated heterocycles. The Morgan fingerprint density at radius 1 is 1.40 bits per heavy atom. The van der Waals surface area contributed by atoms with Gasteiger partial charge in [-0.3, -0.25) is 4.79 Å². The van der Waals surface area contributed by atoms with Crippen molar-refractivity contribution in [1.82, 2.24) is 0 Å². The van der Waals surface area contributed by atoms with Crippen LogP contribution in [0.4, 0.5) is 5.69 Å². The van der Waals surface area contributed by atoms with Gasteiger partial charge >= 0.3 is 0 Å². The van der Waals surface area contributed by atoms with Gasteiger partial charge in [0, 0.05) is 25.4 Å². The molecule has 0 spiro atoms. The number of nitrogens with two attached hydrogens (primary N) is 1. The minimum absolute atomic E-state index is 0.0726. The first-order valence-corrected chi connectivity index (χ1v) is 6.79. The van der Waals surface area contributed by atoms with Crippen LogP contribution in [0.1, 0.15) is 20.3 Å². The zero-order valence-corrected chi connectivity index (χ0v) is 12.4. The van der Waals surface area contributed by atoms with Crippen LogP contribution in [0.15, 0.2) is 24.3 Å². The lowest BCUT2D eigenvalue weighted by Crippen LogP contribution is -2.39. The molecule has 112 valence electrons. The predicted octanol–water partition coefficient (Wildman–Crippen LogP) is 2.03. The summed E-state index contributed by atoms with van der Waals surface area (Å²) in [4.78, 5) is 12.2. The van der Waals surface area contributed by atoms with E-state index in [-0.39, 0.29) is 5.91 Å². The highest BCUT2D eigenvalue weighted by Crippen LogP contribution is 2.23. The number of hydrogen-bond acceptors (Lipinski definition) is 4. The largest absolute Gasteiger partial charge is 0.491 e. The van der Waals surface area contributed by atoms with Gasteiger partial charge in [0.2, 0.25) is 5.91 Å². The van der Waals surface area contributed by atoms with Gasteiger partial charge in [-0.1, -0.05) is 13.0 Å². The quantitative estimate of drug-likeness (QED) is 0.715. The maximum Gasteiger partial charge on any atom is 0.231 e. The molecule has 0 saturated carbocycles. The van der Waals surface area contributed by atoms with Gasteiger partial charge in [-0.2, -0.15) is 0 Å². The van der Waals surface area contributed by atoms with Crippen molar-refractivity contribution >= 4 is 11.6 Å². The van der Waals surface area contributed by atoms with E-state index < -0.39 is 5.41 Å². The van der Waals surface area contributed by atoms with Crippen molar-refractivity contribution in [2.24, 2.45) is 11.1 Å². The van der Waals surface area contributed by atoms with Gasteiger partial charge in [0.25, 0.3) is 0 Å². The number of benzene rings is 1. The highest BCUT2D eigenvalue weighted by atomic mass is 16.5. The number of amides is 1. The Kier molecular flexibility index (Phi) is 6.48. The highest BCUT2D eigenvalue weighted by molar-refractivity contribution is 5.95. The van der Waals surface area contributed by atoms with Crippen molar-refractivity contribution in [3.8, 4) is 5.75 Å². The van der Waals surface area contributed by atoms with Crippen LogP contribution >= 0.6 is 0 Å². The van der Waals surface area contributed by atoms with Crippen LogP contribution in [-0.2, 0) is 9.53 Å². The molecule has 0 fully saturated rings. The first-order chi connectivity index (χ1) is 9.55. The third kappa shape index (κ3) is 4.51. The Morgan fingerprint density at radius 3 is 2.75 bits per heavy atom. The summed E-state index contributed by atoms with van der Waals surface area (Å²) in [6, 6.07) is 7.30. The third-order valence-corrected chi connectivity index (χ3v) is 3.43. The van der Waals surface area contributed by atoms with Gasteiger partial charge in [-0.25, -0.2) is 0 Å². The molecule has 20 heavy (non-hydrogen) atoms. The molecule has 0 aromatic heterocycles. The number of ether oxygens (including phenoxy) is 2. The van der Waals surface area contributed by atoms with Gasteiger partial charge < -0.3 is 20.5 Å². The molecule has 1 amide bonds. The topological polar surface area (TPSA) is 73.6 Å². The molecule has 0 radical (unpaired) electrons. The average Bonchev–Trinajstić information content (AvgIpc) is 2.47. The summed E-state index contributed by atoms with van der Waals surface area (Å²) in [5, 5.41) is 2.88. The van der Waals surface area contributed by atoms with E-state index in [1.807, 2.05) is 32.0 Å². The summed E-state index contributed by atoms with van der Waals surface area (Å²) in [7, 11) is 1.62. The molecule has 1 aromatic rings. The van der Waals surface area contributed by atoms with Crippen LogP contribution in [0.2, 0.25) is 0 Å². The SMILES string of the molecule is CCC(C)(CN)C(=O)Nc1cccc(OCCOC)c1. The van der Waals surface area contributed by atoms with E-state index in [1.54, 1.807) is 13.2 Å². The van der Waals surface area contributed by atoms with Gasteiger partial charge in [0.15, 0.2) is 0 Å². The smallest absolute Gasteiger partial charge is 0.231 e. The molecule has 3 N–H and O–H groups in total. The van der Waals surface area contributed by atoms with Gasteiger partial charge in [0.05, 0.1) is 12.0 Å². The van der Waals surface area contributed by atoms with E-state index in [1.165, 1.54) is 0 Å². The van der Waals surface area contributed by atoms with E-state index in [9.17, 15) is 4.79 Å². The fourth-order valence-corrected chi connectivity index (χ4v) is 1.59. The first kappa shape index (κ1) is 16.5. The van der Waals surface area contributed by atoms with E-state index in [2.05, 4.69) is 5.32 Å². The van der Waals surface area contributed by atoms with E-state index in [0.29, 0.717) is 37.6 Å². The number of nitrogens with one attached hydrogen (secondary N) is 1. The van der Waals surface area contributed by atoms with Crippen LogP contribution in [0.3, 0.4) is 0 Å². The minimum atomic E-state index is -0.549. The standard InChI is InChI=1S/C15H24N2O3/c1-4-15(2,11-16)14(18)17-12-6-5-7-13(10-12)20-9-8-19-3/h5-7,10H,4,8-9,11,16H2,1-3H3,(H,17,18). The second-order valence-corrected chi connectivity index (χ2v) is 4.94. The highest BCUT2D eigenvalue weighted by Gasteiger charge is 2.29. The maximum atomic E-state index is 12.2. The molecule has 1 atom stereocenters. The number of carbonyl (C=O) groups is 1. The number of hydrogen-bond donors (Lipinski definition) is 2. The van der Waals surface area contributed by atoms with E-state index in [4.69, 9.17) is 15.2 Å². The summed E-state index contributed by atoms with van der Waals surface area (Å²) in [6.45, 7) is 5.14. The molecule has 1 unspecified atom stereocenters. The molecule has 0 bridgehead atoms. The molecule has 0 aliphatic rings. The number of anilines is 1. The first-order valence-electron chi connectivity index (χ1n) is 6.79. The van der Waals surface area contributed by atoms with Crippen molar-refractivity contribution in [3.05, 3.63) is 24.3 Å². The second-order valence-electron chi connectivity index (χ2n) is 4.94. The Hall–Kier alpha value is -1.59. The minimum Gasteiger partial charge on any atom is -0.491 e. The molecular formula is C15H24N2O3. The number of carbonyl (C=O) groups excluding carboxylic acids is 1. The molecular weight excluding hydrogens is 256 g/mol. The van der Waals surface area contributed by atoms with Gasteiger partial charge in [-0.05, 0) is 25.5 Å². The van der Waals surface area contributed by atoms with E-state index >= 15 is 0 Å². The van der Waals surface area contributed by atoms with Crippen molar-refractivity contribution in [2.75, 3.05) is 32.2 Å². The maximum absolute atomic E-state index is 12.2. The Balaban J connectivity index is 2.68. The van der Waals surface area contributed by atoms with Crippen LogP contribution < -0.4 is 15.8 Å². The van der Waals surface area contributed by atoms with E-state index in [0.717, 1.165) is 0 Å². The molecule has 5 nitrogen and oxygen atoms in total. The van der Waals surface area contributed by atoms with Crippen LogP contribution in [0, 0.1) is 5.41 Å². The molecule has 0 aliphatic heterocycles. The zero-order valence-electron chi connectivity index (χ0n) is 12.4. The van der Waals surface area contributed by atoms with Crippen LogP contribution in [0.5, 0.6) is 5.75 Å². The Labute approximate surface area is 120 Å². The molecule has 0 heterocycles. The molecule has 0 aliphatic carbocycles. The van der Waals surface area contributed by atoms with Gasteiger partial charge in [-0.15, -0.1) is 0 Å². The predicted molar refractivity (Wildman–Crippen MR) is 79.9 cm³/mol. The summed E-state index contributed by atoms with van der Waals surface area (Å²) >= 11 is 0. The normalized spacial score (nSPS) is 13.6. The zero-order chi connectivity index (χ0) is 15.0. The fraction of sp³-hybridized carbons (Fsp3) is 0.533. The third-order valence-electron chi connectivity index (χ3n) is 3.43. The lowest BCUT2D eigenvalue weighted by molar-refractivity contribution is -0.124. The number of rotatable bonds is 8. The summed E-state index contributed by atoms with van der Waals surface area (Å²) in [5.41, 5.74) is 5.84. The summed E-state index contributed by atoms with van der Waals surface area (Å²) < 4.78 is 10.4. The number of methoxy groups -OCH3 is 1. The van der Waals surface area contributed by atoms with Gasteiger partial charge in [0.1, 0.15) is 12.4 Å². The van der Waals surface area contributed by atoms with Crippen LogP contribution in [0.25, 0.3) is 0 Å². The van der Waals surface area contributed by atoms with Crippen molar-refractivity contribution in [1.29, 1.82) is 0 Å². The molecule has 1 rings (SSSR count). The Morgan fingerprint density at radius 2 is 2.15 bits per heavy atom. The van der Waals surface area contributed by atoms with Crippen LogP contribution in [-0.4, -0.2) is 32.8 Å². The molecule has 5 heteroatoms. The van der Waals surface area contributed by atoms with Crippen molar-refractivity contribution in [3.63, 3.8) is 0 Å². The summed E-state index contributed by atoms with van der Waals surface area (Å²) in [6.07, 6.45) is 0.694. The monoisotopic (exact) mass is 280 g/mol. The Bertz CT molecular complexity index is 431. The van der Waals surface area contributed by atoms with Crippen molar-refractivity contribution in [2.45, 2.75) is 20.3 Å².